The Morgan fingerprint density at radius 1 is 1.56 bits per heavy atom. The van der Waals surface area contributed by atoms with Gasteiger partial charge in [-0.25, -0.2) is 0 Å². The fourth-order valence-electron chi connectivity index (χ4n) is 1.72. The lowest BCUT2D eigenvalue weighted by Crippen LogP contribution is -2.08. The van der Waals surface area contributed by atoms with E-state index in [0.29, 0.717) is 6.04 Å². The number of aryl methyl sites for hydroxylation is 1. The lowest BCUT2D eigenvalue weighted by molar-refractivity contribution is 0.190. The number of nitrogens with zero attached hydrogens (tertiary/aromatic N) is 1. The van der Waals surface area contributed by atoms with Crippen LogP contribution in [0.25, 0.3) is 0 Å². The van der Waals surface area contributed by atoms with Crippen molar-refractivity contribution in [1.82, 2.24) is 0 Å². The number of halogens is 1. The van der Waals surface area contributed by atoms with Gasteiger partial charge in [-0.1, -0.05) is 17.8 Å². The molecule has 5 heteroatoms. The summed E-state index contributed by atoms with van der Waals surface area (Å²) in [7, 11) is 1.73. The minimum atomic E-state index is 0.377. The van der Waals surface area contributed by atoms with Crippen molar-refractivity contribution in [3.63, 3.8) is 0 Å². The molecule has 1 N–H and O–H groups in total. The van der Waals surface area contributed by atoms with Crippen LogP contribution in [0, 0.1) is 6.92 Å². The van der Waals surface area contributed by atoms with E-state index in [1.165, 1.54) is 5.56 Å². The molecule has 0 fully saturated rings. The molecule has 1 atom stereocenters. The van der Waals surface area contributed by atoms with Crippen molar-refractivity contribution in [3.05, 3.63) is 28.2 Å². The molecule has 1 aromatic carbocycles. The number of methoxy groups -OCH3 is 1. The van der Waals surface area contributed by atoms with Crippen molar-refractivity contribution in [1.29, 1.82) is 0 Å². The van der Waals surface area contributed by atoms with Crippen LogP contribution >= 0.6 is 27.7 Å². The van der Waals surface area contributed by atoms with Gasteiger partial charge in [-0.2, -0.15) is 0 Å². The molecule has 1 unspecified atom stereocenters. The predicted molar refractivity (Wildman–Crippen MR) is 82.7 cm³/mol. The second-order valence-electron chi connectivity index (χ2n) is 4.29. The first-order chi connectivity index (χ1) is 8.69. The minimum Gasteiger partial charge on any atom is -0.385 e. The summed E-state index contributed by atoms with van der Waals surface area (Å²) in [4.78, 5) is 4.65. The summed E-state index contributed by atoms with van der Waals surface area (Å²) in [5, 5.41) is 4.37. The molecule has 1 heterocycles. The molecular formula is C13H17BrN2OS. The molecule has 98 valence electrons. The van der Waals surface area contributed by atoms with E-state index in [1.807, 2.05) is 0 Å². The molecule has 0 bridgehead atoms. The monoisotopic (exact) mass is 328 g/mol. The second-order valence-corrected chi connectivity index (χ2v) is 6.15. The van der Waals surface area contributed by atoms with Gasteiger partial charge < -0.3 is 10.1 Å². The van der Waals surface area contributed by atoms with E-state index in [2.05, 4.69) is 51.4 Å². The SMILES string of the molecule is COCCC1CSC(Nc2ccc(C)cc2Br)=N1. The average molecular weight is 329 g/mol. The Bertz CT molecular complexity index is 451. The number of nitrogens with one attached hydrogen (secondary N) is 1. The molecule has 1 aliphatic rings. The summed E-state index contributed by atoms with van der Waals surface area (Å²) in [6, 6.07) is 6.65. The smallest absolute Gasteiger partial charge is 0.161 e. The van der Waals surface area contributed by atoms with Gasteiger partial charge in [-0.05, 0) is 47.0 Å². The van der Waals surface area contributed by atoms with E-state index in [1.54, 1.807) is 18.9 Å². The van der Waals surface area contributed by atoms with Crippen LogP contribution in [0.2, 0.25) is 0 Å². The molecule has 0 aromatic heterocycles. The normalized spacial score (nSPS) is 18.8. The molecule has 18 heavy (non-hydrogen) atoms. The van der Waals surface area contributed by atoms with Crippen LogP contribution < -0.4 is 5.32 Å². The standard InChI is InChI=1S/C13H17BrN2OS/c1-9-3-4-12(11(14)7-9)16-13-15-10(8-18-13)5-6-17-2/h3-4,7,10H,5-6,8H2,1-2H3,(H,15,16). The lowest BCUT2D eigenvalue weighted by Gasteiger charge is -2.08. The van der Waals surface area contributed by atoms with E-state index >= 15 is 0 Å². The molecule has 0 spiro atoms. The van der Waals surface area contributed by atoms with Crippen molar-refractivity contribution in [2.75, 3.05) is 24.8 Å². The number of aliphatic imine (C=N–C) groups is 1. The van der Waals surface area contributed by atoms with E-state index in [-0.39, 0.29) is 0 Å². The first-order valence-corrected chi connectivity index (χ1v) is 7.69. The summed E-state index contributed by atoms with van der Waals surface area (Å²) in [6.07, 6.45) is 0.990. The fraction of sp³-hybridized carbons (Fsp3) is 0.462. The molecule has 0 aliphatic carbocycles. The number of amidine groups is 1. The molecule has 0 saturated carbocycles. The highest BCUT2D eigenvalue weighted by molar-refractivity contribution is 9.10. The topological polar surface area (TPSA) is 33.6 Å². The van der Waals surface area contributed by atoms with Gasteiger partial charge in [0.15, 0.2) is 5.17 Å². The largest absolute Gasteiger partial charge is 0.385 e. The van der Waals surface area contributed by atoms with Crippen LogP contribution in [0.3, 0.4) is 0 Å². The van der Waals surface area contributed by atoms with Crippen molar-refractivity contribution in [2.45, 2.75) is 19.4 Å². The molecule has 1 aromatic rings. The minimum absolute atomic E-state index is 0.377. The van der Waals surface area contributed by atoms with Gasteiger partial charge in [0.05, 0.1) is 11.7 Å². The Morgan fingerprint density at radius 2 is 2.39 bits per heavy atom. The first-order valence-electron chi connectivity index (χ1n) is 5.92. The number of thioether (sulfide) groups is 1. The zero-order valence-corrected chi connectivity index (χ0v) is 13.0. The highest BCUT2D eigenvalue weighted by Crippen LogP contribution is 2.27. The zero-order valence-electron chi connectivity index (χ0n) is 10.6. The number of anilines is 1. The van der Waals surface area contributed by atoms with Gasteiger partial charge in [-0.15, -0.1) is 0 Å². The summed E-state index contributed by atoms with van der Waals surface area (Å²) in [5.41, 5.74) is 2.31. The van der Waals surface area contributed by atoms with Crippen LogP contribution in [-0.4, -0.2) is 30.7 Å². The molecular weight excluding hydrogens is 312 g/mol. The quantitative estimate of drug-likeness (QED) is 0.915. The molecule has 3 nitrogen and oxygen atoms in total. The molecule has 0 radical (unpaired) electrons. The third kappa shape index (κ3) is 3.73. The van der Waals surface area contributed by atoms with E-state index in [4.69, 9.17) is 4.74 Å². The summed E-state index contributed by atoms with van der Waals surface area (Å²) in [6.45, 7) is 2.85. The summed E-state index contributed by atoms with van der Waals surface area (Å²) >= 11 is 5.34. The maximum atomic E-state index is 5.08. The van der Waals surface area contributed by atoms with Crippen LogP contribution in [0.15, 0.2) is 27.7 Å². The highest BCUT2D eigenvalue weighted by atomic mass is 79.9. The number of hydrogen-bond acceptors (Lipinski definition) is 4. The van der Waals surface area contributed by atoms with Gasteiger partial charge >= 0.3 is 0 Å². The zero-order chi connectivity index (χ0) is 13.0. The van der Waals surface area contributed by atoms with Gasteiger partial charge in [0.2, 0.25) is 0 Å². The van der Waals surface area contributed by atoms with Gasteiger partial charge in [0.1, 0.15) is 0 Å². The van der Waals surface area contributed by atoms with Gasteiger partial charge in [0.25, 0.3) is 0 Å². The van der Waals surface area contributed by atoms with E-state index in [0.717, 1.165) is 34.1 Å². The number of benzene rings is 1. The highest BCUT2D eigenvalue weighted by Gasteiger charge is 2.18. The van der Waals surface area contributed by atoms with E-state index < -0.39 is 0 Å². The molecule has 0 saturated heterocycles. The third-order valence-electron chi connectivity index (χ3n) is 2.73. The Balaban J connectivity index is 1.97. The lowest BCUT2D eigenvalue weighted by atomic mass is 10.2. The number of ether oxygens (including phenoxy) is 1. The summed E-state index contributed by atoms with van der Waals surface area (Å²) < 4.78 is 6.16. The Labute approximate surface area is 121 Å². The van der Waals surface area contributed by atoms with E-state index in [9.17, 15) is 0 Å². The van der Waals surface area contributed by atoms with Crippen molar-refractivity contribution in [2.24, 2.45) is 4.99 Å². The first kappa shape index (κ1) is 13.9. The third-order valence-corrected chi connectivity index (χ3v) is 4.42. The van der Waals surface area contributed by atoms with Gasteiger partial charge in [-0.3, -0.25) is 4.99 Å². The van der Waals surface area contributed by atoms with Crippen molar-refractivity contribution >= 4 is 38.5 Å². The Morgan fingerprint density at radius 3 is 3.11 bits per heavy atom. The maximum absolute atomic E-state index is 5.08. The van der Waals surface area contributed by atoms with Crippen LogP contribution in [0.1, 0.15) is 12.0 Å². The predicted octanol–water partition coefficient (Wildman–Crippen LogP) is 3.68. The second kappa shape index (κ2) is 6.59. The summed E-state index contributed by atoms with van der Waals surface area (Å²) in [5.74, 6) is 1.04. The fourth-order valence-corrected chi connectivity index (χ4v) is 3.31. The maximum Gasteiger partial charge on any atom is 0.161 e. The molecule has 0 amide bonds. The van der Waals surface area contributed by atoms with Crippen LogP contribution in [0.4, 0.5) is 5.69 Å². The van der Waals surface area contributed by atoms with Crippen molar-refractivity contribution in [3.8, 4) is 0 Å². The molecule has 2 rings (SSSR count). The van der Waals surface area contributed by atoms with Crippen LogP contribution in [0.5, 0.6) is 0 Å². The Kier molecular flexibility index (Phi) is 5.09. The average Bonchev–Trinajstić information content (AvgIpc) is 2.78. The van der Waals surface area contributed by atoms with Gasteiger partial charge in [0, 0.05) is 23.9 Å². The number of rotatable bonds is 4. The Hall–Kier alpha value is -0.520. The molecule has 1 aliphatic heterocycles. The number of hydrogen-bond donors (Lipinski definition) is 1. The van der Waals surface area contributed by atoms with Crippen molar-refractivity contribution < 1.29 is 4.74 Å². The van der Waals surface area contributed by atoms with Crippen LogP contribution in [-0.2, 0) is 4.74 Å².